The van der Waals surface area contributed by atoms with E-state index in [-0.39, 0.29) is 21.9 Å². The van der Waals surface area contributed by atoms with E-state index in [0.717, 1.165) is 19.3 Å². The first-order valence-electron chi connectivity index (χ1n) is 11.6. The monoisotopic (exact) mass is 476 g/mol. The Morgan fingerprint density at radius 2 is 1.61 bits per heavy atom. The van der Waals surface area contributed by atoms with Gasteiger partial charge < -0.3 is 18.6 Å². The zero-order valence-corrected chi connectivity index (χ0v) is 23.7. The van der Waals surface area contributed by atoms with E-state index in [9.17, 15) is 9.35 Å². The molecule has 31 heavy (non-hydrogen) atoms. The van der Waals surface area contributed by atoms with E-state index < -0.39 is 25.3 Å². The maximum absolute atomic E-state index is 12.8. The fourth-order valence-corrected chi connectivity index (χ4v) is 4.96. The molecule has 0 aromatic rings. The maximum atomic E-state index is 12.8. The number of carbonyl (C=O) groups excluding carboxylic acids is 1. The zero-order chi connectivity index (χ0) is 24.3. The van der Waals surface area contributed by atoms with Crippen LogP contribution >= 0.6 is 0 Å². The molecule has 0 spiro atoms. The summed E-state index contributed by atoms with van der Waals surface area (Å²) in [6.45, 7) is 24.9. The molecule has 1 rings (SSSR count). The Balaban J connectivity index is 2.72. The Morgan fingerprint density at radius 1 is 1.10 bits per heavy atom. The van der Waals surface area contributed by atoms with Gasteiger partial charge in [0.1, 0.15) is 10.3 Å². The highest BCUT2D eigenvalue weighted by Crippen LogP contribution is 2.37. The van der Waals surface area contributed by atoms with Crippen molar-refractivity contribution in [3.63, 3.8) is 0 Å². The lowest BCUT2D eigenvalue weighted by Crippen LogP contribution is -2.50. The van der Waals surface area contributed by atoms with Crippen molar-refractivity contribution in [2.75, 3.05) is 19.7 Å². The van der Waals surface area contributed by atoms with Crippen LogP contribution in [-0.2, 0) is 20.5 Å². The van der Waals surface area contributed by atoms with E-state index in [4.69, 9.17) is 9.16 Å². The Kier molecular flexibility index (Phi) is 9.98. The predicted molar refractivity (Wildman–Crippen MR) is 133 cm³/mol. The molecule has 184 valence electrons. The van der Waals surface area contributed by atoms with Crippen LogP contribution in [0.25, 0.3) is 0 Å². The number of carbonyl (C=O) groups is 1. The molecular formula is C23H48N2O4SSi. The normalized spacial score (nSPS) is 19.3. The molecule has 1 N–H and O–H groups in total. The summed E-state index contributed by atoms with van der Waals surface area (Å²) in [5, 5.41) is 0.138. The molecule has 6 nitrogen and oxygen atoms in total. The summed E-state index contributed by atoms with van der Waals surface area (Å²) in [6.07, 6.45) is 2.54. The van der Waals surface area contributed by atoms with Crippen LogP contribution in [-0.4, -0.2) is 59.9 Å². The van der Waals surface area contributed by atoms with E-state index in [1.165, 1.54) is 0 Å². The van der Waals surface area contributed by atoms with Crippen molar-refractivity contribution >= 4 is 25.8 Å². The van der Waals surface area contributed by atoms with Crippen molar-refractivity contribution in [1.82, 2.24) is 9.62 Å². The van der Waals surface area contributed by atoms with Gasteiger partial charge in [-0.1, -0.05) is 20.8 Å². The largest absolute Gasteiger partial charge is 0.598 e. The molecule has 0 bridgehead atoms. The van der Waals surface area contributed by atoms with E-state index in [0.29, 0.717) is 25.6 Å². The summed E-state index contributed by atoms with van der Waals surface area (Å²) >= 11 is -1.15. The molecule has 0 saturated carbocycles. The van der Waals surface area contributed by atoms with Gasteiger partial charge in [0.2, 0.25) is 0 Å². The predicted octanol–water partition coefficient (Wildman–Crippen LogP) is 5.47. The number of ether oxygens (including phenoxy) is 1. The molecule has 0 aromatic carbocycles. The molecule has 0 aliphatic carbocycles. The molecule has 1 amide bonds. The maximum Gasteiger partial charge on any atom is 0.410 e. The van der Waals surface area contributed by atoms with Crippen LogP contribution < -0.4 is 4.72 Å². The first kappa shape index (κ1) is 28.7. The van der Waals surface area contributed by atoms with Crippen molar-refractivity contribution in [3.05, 3.63) is 0 Å². The molecule has 1 fully saturated rings. The van der Waals surface area contributed by atoms with Crippen molar-refractivity contribution in [2.45, 2.75) is 116 Å². The Hall–Kier alpha value is -0.283. The third-order valence-corrected chi connectivity index (χ3v) is 12.3. The SMILES string of the molecule is CC(C)(C)OC(=O)N1CCC(C[C@H](CO[Si](C)(C)C(C)(C)C)N[S+]([O-])C(C)(C)C)CC1. The minimum atomic E-state index is -1.89. The quantitative estimate of drug-likeness (QED) is 0.390. The van der Waals surface area contributed by atoms with E-state index in [2.05, 4.69) is 38.6 Å². The van der Waals surface area contributed by atoms with Gasteiger partial charge in [0.05, 0.1) is 12.6 Å². The van der Waals surface area contributed by atoms with Crippen molar-refractivity contribution in [2.24, 2.45) is 5.92 Å². The molecule has 1 unspecified atom stereocenters. The second-order valence-electron chi connectivity index (χ2n) is 12.4. The number of hydrogen-bond acceptors (Lipinski definition) is 5. The molecule has 1 aliphatic heterocycles. The summed E-state index contributed by atoms with van der Waals surface area (Å²) < 4.78 is 27.8. The molecule has 0 radical (unpaired) electrons. The van der Waals surface area contributed by atoms with Gasteiger partial charge in [0, 0.05) is 24.5 Å². The van der Waals surface area contributed by atoms with Crippen LogP contribution in [0, 0.1) is 5.92 Å². The number of amides is 1. The van der Waals surface area contributed by atoms with Gasteiger partial charge in [-0.2, -0.15) is 0 Å². The minimum absolute atomic E-state index is 0.0345. The molecule has 1 saturated heterocycles. The van der Waals surface area contributed by atoms with Crippen LogP contribution in [0.4, 0.5) is 4.79 Å². The highest BCUT2D eigenvalue weighted by atomic mass is 32.2. The van der Waals surface area contributed by atoms with Gasteiger partial charge in [0.25, 0.3) is 0 Å². The summed E-state index contributed by atoms with van der Waals surface area (Å²) in [7, 11) is -1.89. The summed E-state index contributed by atoms with van der Waals surface area (Å²) in [5.41, 5.74) is -0.471. The average Bonchev–Trinajstić information content (AvgIpc) is 2.57. The summed E-state index contributed by atoms with van der Waals surface area (Å²) in [4.78, 5) is 14.2. The van der Waals surface area contributed by atoms with Crippen LogP contribution in [0.5, 0.6) is 0 Å². The van der Waals surface area contributed by atoms with E-state index >= 15 is 0 Å². The van der Waals surface area contributed by atoms with Crippen molar-refractivity contribution < 1.29 is 18.5 Å². The Labute approximate surface area is 195 Å². The van der Waals surface area contributed by atoms with E-state index in [1.807, 2.05) is 46.4 Å². The minimum Gasteiger partial charge on any atom is -0.598 e. The van der Waals surface area contributed by atoms with Gasteiger partial charge in [-0.15, -0.1) is 4.72 Å². The molecule has 0 aromatic heterocycles. The van der Waals surface area contributed by atoms with Crippen LogP contribution in [0.3, 0.4) is 0 Å². The number of nitrogens with zero attached hydrogens (tertiary/aromatic N) is 1. The highest BCUT2D eigenvalue weighted by Gasteiger charge is 2.39. The smallest absolute Gasteiger partial charge is 0.410 e. The molecule has 8 heteroatoms. The molecule has 1 aliphatic rings. The third kappa shape index (κ3) is 10.0. The number of hydrogen-bond donors (Lipinski definition) is 1. The number of likely N-dealkylation sites (tertiary alicyclic amines) is 1. The average molecular weight is 477 g/mol. The standard InChI is InChI=1S/C23H48N2O4SSi/c1-21(2,3)29-20(26)25-14-12-18(13-15-25)16-19(24-30(27)22(4,5)6)17-28-31(10,11)23(7,8)9/h18-19,24H,12-17H2,1-11H3/t19-,30?/m1/s1. The van der Waals surface area contributed by atoms with Crippen LogP contribution in [0.1, 0.15) is 81.6 Å². The van der Waals surface area contributed by atoms with E-state index in [1.54, 1.807) is 0 Å². The first-order chi connectivity index (χ1) is 13.8. The molecule has 1 heterocycles. The van der Waals surface area contributed by atoms with Crippen molar-refractivity contribution in [3.8, 4) is 0 Å². The second-order valence-corrected chi connectivity index (χ2v) is 19.2. The van der Waals surface area contributed by atoms with Gasteiger partial charge in [-0.05, 0) is 84.9 Å². The van der Waals surface area contributed by atoms with Gasteiger partial charge in [-0.3, -0.25) is 0 Å². The Bertz CT molecular complexity index is 574. The van der Waals surface area contributed by atoms with Gasteiger partial charge >= 0.3 is 6.09 Å². The number of rotatable bonds is 7. The fraction of sp³-hybridized carbons (Fsp3) is 0.957. The first-order valence-corrected chi connectivity index (χ1v) is 15.7. The van der Waals surface area contributed by atoms with Crippen molar-refractivity contribution in [1.29, 1.82) is 0 Å². The highest BCUT2D eigenvalue weighted by molar-refractivity contribution is 7.90. The van der Waals surface area contributed by atoms with Crippen LogP contribution in [0.2, 0.25) is 18.1 Å². The summed E-state index contributed by atoms with van der Waals surface area (Å²) in [5.74, 6) is 0.469. The lowest BCUT2D eigenvalue weighted by molar-refractivity contribution is 0.0176. The topological polar surface area (TPSA) is 73.9 Å². The summed E-state index contributed by atoms with van der Waals surface area (Å²) in [6, 6.07) is 0.0345. The lowest BCUT2D eigenvalue weighted by atomic mass is 9.91. The number of nitrogens with one attached hydrogen (secondary N) is 1. The Morgan fingerprint density at radius 3 is 2.03 bits per heavy atom. The van der Waals surface area contributed by atoms with Gasteiger partial charge in [-0.25, -0.2) is 4.79 Å². The zero-order valence-electron chi connectivity index (χ0n) is 21.9. The van der Waals surface area contributed by atoms with Gasteiger partial charge in [0.15, 0.2) is 8.32 Å². The lowest BCUT2D eigenvalue weighted by Gasteiger charge is -2.39. The van der Waals surface area contributed by atoms with Crippen LogP contribution in [0.15, 0.2) is 0 Å². The second kappa shape index (κ2) is 10.8. The molecule has 2 atom stereocenters. The number of piperidine rings is 1. The molecular weight excluding hydrogens is 428 g/mol. The fourth-order valence-electron chi connectivity index (χ4n) is 3.08. The third-order valence-electron chi connectivity index (χ3n) is 6.17.